The largest absolute Gasteiger partial charge is 0.243 e. The minimum Gasteiger partial charge on any atom is -0.208 e. The van der Waals surface area contributed by atoms with Crippen LogP contribution in [0.1, 0.15) is 20.3 Å². The van der Waals surface area contributed by atoms with Gasteiger partial charge in [-0.25, -0.2) is 17.5 Å². The zero-order valence-electron chi connectivity index (χ0n) is 9.30. The predicted octanol–water partition coefficient (Wildman–Crippen LogP) is 3.43. The van der Waals surface area contributed by atoms with Crippen molar-refractivity contribution in [1.29, 1.82) is 0 Å². The van der Waals surface area contributed by atoms with Crippen LogP contribution in [0.15, 0.2) is 26.0 Å². The number of hydrogen-bond donors (Lipinski definition) is 1. The first kappa shape index (κ1) is 15.1. The summed E-state index contributed by atoms with van der Waals surface area (Å²) >= 11 is 6.11. The Morgan fingerprint density at radius 3 is 2.24 bits per heavy atom. The van der Waals surface area contributed by atoms with Crippen LogP contribution in [0.25, 0.3) is 0 Å². The first-order chi connectivity index (χ1) is 7.77. The number of benzene rings is 1. The van der Waals surface area contributed by atoms with Crippen LogP contribution in [0, 0.1) is 5.82 Å². The minimum absolute atomic E-state index is 0.0131. The molecule has 1 atom stereocenters. The van der Waals surface area contributed by atoms with Gasteiger partial charge in [0.1, 0.15) is 10.7 Å². The summed E-state index contributed by atoms with van der Waals surface area (Å²) in [6.45, 7) is 3.64. The molecule has 0 spiro atoms. The molecule has 17 heavy (non-hydrogen) atoms. The summed E-state index contributed by atoms with van der Waals surface area (Å²) < 4.78 is 40.1. The Balaban J connectivity index is 3.25. The number of sulfonamides is 1. The predicted molar refractivity (Wildman–Crippen MR) is 71.9 cm³/mol. The van der Waals surface area contributed by atoms with Crippen LogP contribution in [0.2, 0.25) is 0 Å². The summed E-state index contributed by atoms with van der Waals surface area (Å²) in [5, 5.41) is 0. The lowest BCUT2D eigenvalue weighted by Gasteiger charge is -2.14. The second kappa shape index (κ2) is 5.77. The van der Waals surface area contributed by atoms with Crippen molar-refractivity contribution in [3.05, 3.63) is 26.9 Å². The summed E-state index contributed by atoms with van der Waals surface area (Å²) in [7, 11) is -3.66. The average molecular weight is 389 g/mol. The molecular formula is C10H12Br2FNO2S. The van der Waals surface area contributed by atoms with Gasteiger partial charge in [0.2, 0.25) is 10.0 Å². The molecule has 3 nitrogen and oxygen atoms in total. The van der Waals surface area contributed by atoms with Gasteiger partial charge in [0.15, 0.2) is 0 Å². The summed E-state index contributed by atoms with van der Waals surface area (Å²) in [6.07, 6.45) is 0.676. The van der Waals surface area contributed by atoms with Gasteiger partial charge in [-0.3, -0.25) is 0 Å². The van der Waals surface area contributed by atoms with Crippen LogP contribution >= 0.6 is 31.9 Å². The van der Waals surface area contributed by atoms with Crippen LogP contribution in [0.3, 0.4) is 0 Å². The Kier molecular flexibility index (Phi) is 5.12. The van der Waals surface area contributed by atoms with Gasteiger partial charge < -0.3 is 0 Å². The van der Waals surface area contributed by atoms with Gasteiger partial charge in [-0.2, -0.15) is 0 Å². The smallest absolute Gasteiger partial charge is 0.208 e. The first-order valence-corrected chi connectivity index (χ1v) is 8.01. The van der Waals surface area contributed by atoms with Gasteiger partial charge in [0.05, 0.1) is 0 Å². The highest BCUT2D eigenvalue weighted by molar-refractivity contribution is 9.11. The van der Waals surface area contributed by atoms with Crippen molar-refractivity contribution in [1.82, 2.24) is 4.72 Å². The lowest BCUT2D eigenvalue weighted by atomic mass is 10.3. The molecule has 1 aromatic rings. The summed E-state index contributed by atoms with van der Waals surface area (Å²) in [6, 6.07) is 2.06. The fraction of sp³-hybridized carbons (Fsp3) is 0.400. The van der Waals surface area contributed by atoms with Gasteiger partial charge >= 0.3 is 0 Å². The van der Waals surface area contributed by atoms with E-state index >= 15 is 0 Å². The molecule has 0 aromatic heterocycles. The Hall–Kier alpha value is 0.0200. The molecule has 0 heterocycles. The molecule has 96 valence electrons. The van der Waals surface area contributed by atoms with Crippen molar-refractivity contribution in [2.75, 3.05) is 0 Å². The Morgan fingerprint density at radius 1 is 1.35 bits per heavy atom. The molecule has 0 fully saturated rings. The maximum absolute atomic E-state index is 13.0. The van der Waals surface area contributed by atoms with Crippen molar-refractivity contribution in [3.8, 4) is 0 Å². The standard InChI is InChI=1S/C10H12Br2FNO2S/c1-3-6(2)14-17(15,16)10-8(11)4-7(13)5-9(10)12/h4-6,14H,3H2,1-2H3. The normalized spacial score (nSPS) is 13.7. The third kappa shape index (κ3) is 3.74. The van der Waals surface area contributed by atoms with E-state index in [0.717, 1.165) is 12.1 Å². The van der Waals surface area contributed by atoms with Crippen molar-refractivity contribution in [2.24, 2.45) is 0 Å². The number of nitrogens with one attached hydrogen (secondary N) is 1. The fourth-order valence-electron chi connectivity index (χ4n) is 1.19. The highest BCUT2D eigenvalue weighted by Crippen LogP contribution is 2.31. The van der Waals surface area contributed by atoms with E-state index in [9.17, 15) is 12.8 Å². The van der Waals surface area contributed by atoms with Crippen molar-refractivity contribution in [2.45, 2.75) is 31.2 Å². The molecule has 1 aromatic carbocycles. The van der Waals surface area contributed by atoms with E-state index in [4.69, 9.17) is 0 Å². The van der Waals surface area contributed by atoms with E-state index in [1.165, 1.54) is 0 Å². The molecule has 0 bridgehead atoms. The number of rotatable bonds is 4. The van der Waals surface area contributed by atoms with E-state index < -0.39 is 15.8 Å². The molecule has 0 aliphatic heterocycles. The van der Waals surface area contributed by atoms with Crippen molar-refractivity contribution < 1.29 is 12.8 Å². The molecule has 0 aliphatic rings. The quantitative estimate of drug-likeness (QED) is 0.858. The van der Waals surface area contributed by atoms with Crippen LogP contribution in [0.5, 0.6) is 0 Å². The Labute approximate surface area is 117 Å². The van der Waals surface area contributed by atoms with Crippen molar-refractivity contribution >= 4 is 41.9 Å². The van der Waals surface area contributed by atoms with E-state index in [-0.39, 0.29) is 19.9 Å². The molecule has 0 radical (unpaired) electrons. The molecule has 1 rings (SSSR count). The summed E-state index contributed by atoms with van der Waals surface area (Å²) in [4.78, 5) is 0.0131. The van der Waals surface area contributed by atoms with Gasteiger partial charge in [-0.1, -0.05) is 6.92 Å². The zero-order chi connectivity index (χ0) is 13.2. The third-order valence-corrected chi connectivity index (χ3v) is 5.67. The van der Waals surface area contributed by atoms with Crippen LogP contribution in [-0.2, 0) is 10.0 Å². The lowest BCUT2D eigenvalue weighted by Crippen LogP contribution is -2.32. The van der Waals surface area contributed by atoms with E-state index in [1.807, 2.05) is 6.92 Å². The van der Waals surface area contributed by atoms with E-state index in [1.54, 1.807) is 6.92 Å². The maximum Gasteiger partial charge on any atom is 0.243 e. The third-order valence-electron chi connectivity index (χ3n) is 2.20. The molecule has 0 saturated carbocycles. The van der Waals surface area contributed by atoms with Gasteiger partial charge in [-0.15, -0.1) is 0 Å². The highest BCUT2D eigenvalue weighted by atomic mass is 79.9. The van der Waals surface area contributed by atoms with E-state index in [2.05, 4.69) is 36.6 Å². The van der Waals surface area contributed by atoms with Gasteiger partial charge in [0, 0.05) is 15.0 Å². The monoisotopic (exact) mass is 387 g/mol. The molecule has 1 N–H and O–H groups in total. The SMILES string of the molecule is CCC(C)NS(=O)(=O)c1c(Br)cc(F)cc1Br. The topological polar surface area (TPSA) is 46.2 Å². The zero-order valence-corrected chi connectivity index (χ0v) is 13.3. The second-order valence-electron chi connectivity index (χ2n) is 3.63. The first-order valence-electron chi connectivity index (χ1n) is 4.94. The van der Waals surface area contributed by atoms with Crippen LogP contribution in [0.4, 0.5) is 4.39 Å². The molecule has 7 heteroatoms. The van der Waals surface area contributed by atoms with Gasteiger partial charge in [0.25, 0.3) is 0 Å². The van der Waals surface area contributed by atoms with E-state index in [0.29, 0.717) is 6.42 Å². The van der Waals surface area contributed by atoms with Crippen molar-refractivity contribution in [3.63, 3.8) is 0 Å². The molecule has 0 saturated heterocycles. The average Bonchev–Trinajstić information content (AvgIpc) is 2.14. The van der Waals surface area contributed by atoms with Gasteiger partial charge in [-0.05, 0) is 57.3 Å². The fourth-order valence-corrected chi connectivity index (χ4v) is 5.05. The Morgan fingerprint density at radius 2 is 1.82 bits per heavy atom. The van der Waals surface area contributed by atoms with Crippen LogP contribution in [-0.4, -0.2) is 14.5 Å². The summed E-state index contributed by atoms with van der Waals surface area (Å²) in [5.74, 6) is -0.508. The number of halogens is 3. The molecular weight excluding hydrogens is 377 g/mol. The molecule has 0 aliphatic carbocycles. The Bertz CT molecular complexity index is 496. The minimum atomic E-state index is -3.66. The maximum atomic E-state index is 13.0. The number of hydrogen-bond acceptors (Lipinski definition) is 2. The lowest BCUT2D eigenvalue weighted by molar-refractivity contribution is 0.554. The summed E-state index contributed by atoms with van der Waals surface area (Å²) in [5.41, 5.74) is 0. The second-order valence-corrected chi connectivity index (χ2v) is 6.99. The highest BCUT2D eigenvalue weighted by Gasteiger charge is 2.23. The molecule has 1 unspecified atom stereocenters. The van der Waals surface area contributed by atoms with Crippen LogP contribution < -0.4 is 4.72 Å². The molecule has 0 amide bonds.